The van der Waals surface area contributed by atoms with Gasteiger partial charge in [0.2, 0.25) is 0 Å². The summed E-state index contributed by atoms with van der Waals surface area (Å²) in [5.41, 5.74) is 3.41. The normalized spacial score (nSPS) is 14.9. The van der Waals surface area contributed by atoms with Crippen LogP contribution in [-0.2, 0) is 5.75 Å². The number of imidazole rings is 1. The number of fused-ring (bicyclic) bond motifs is 1. The topological polar surface area (TPSA) is 41.1 Å². The maximum atomic E-state index is 13.1. The zero-order valence-electron chi connectivity index (χ0n) is 15.4. The van der Waals surface area contributed by atoms with Gasteiger partial charge in [-0.2, -0.15) is 17.6 Å². The van der Waals surface area contributed by atoms with Crippen molar-refractivity contribution in [2.24, 2.45) is 0 Å². The summed E-state index contributed by atoms with van der Waals surface area (Å²) in [6.07, 6.45) is -6.06. The lowest BCUT2D eigenvalue weighted by molar-refractivity contribution is -0.253. The van der Waals surface area contributed by atoms with Crippen LogP contribution in [0.1, 0.15) is 18.4 Å². The van der Waals surface area contributed by atoms with Crippen molar-refractivity contribution in [1.29, 1.82) is 0 Å². The van der Waals surface area contributed by atoms with Crippen LogP contribution in [0.4, 0.5) is 23.2 Å². The summed E-state index contributed by atoms with van der Waals surface area (Å²) in [6, 6.07) is 12.2. The number of aromatic amines is 1. The predicted octanol–water partition coefficient (Wildman–Crippen LogP) is 5.69. The highest BCUT2D eigenvalue weighted by molar-refractivity contribution is 7.98. The Labute approximate surface area is 169 Å². The summed E-state index contributed by atoms with van der Waals surface area (Å²) < 4.78 is 55.0. The molecule has 1 saturated heterocycles. The second-order valence-corrected chi connectivity index (χ2v) is 7.76. The second kappa shape index (κ2) is 8.14. The van der Waals surface area contributed by atoms with Gasteiger partial charge in [0.1, 0.15) is 5.75 Å². The Kier molecular flexibility index (Phi) is 5.58. The van der Waals surface area contributed by atoms with Crippen LogP contribution in [0.25, 0.3) is 11.0 Å². The van der Waals surface area contributed by atoms with E-state index in [-0.39, 0.29) is 5.75 Å². The highest BCUT2D eigenvalue weighted by Crippen LogP contribution is 2.32. The Bertz CT molecular complexity index is 989. The van der Waals surface area contributed by atoms with Crippen LogP contribution in [-0.4, -0.2) is 35.6 Å². The van der Waals surface area contributed by atoms with Gasteiger partial charge in [0.05, 0.1) is 11.0 Å². The molecule has 0 unspecified atom stereocenters. The first kappa shape index (κ1) is 19.9. The minimum Gasteiger partial charge on any atom is -0.428 e. The van der Waals surface area contributed by atoms with E-state index in [1.807, 2.05) is 12.1 Å². The summed E-state index contributed by atoms with van der Waals surface area (Å²) in [5.74, 6) is 0.337. The van der Waals surface area contributed by atoms with Gasteiger partial charge in [0.25, 0.3) is 0 Å². The monoisotopic (exact) mass is 425 g/mol. The van der Waals surface area contributed by atoms with Crippen LogP contribution in [0.3, 0.4) is 0 Å². The Morgan fingerprint density at radius 2 is 1.90 bits per heavy atom. The number of aromatic nitrogens is 2. The molecular weight excluding hydrogens is 406 g/mol. The molecule has 0 saturated carbocycles. The lowest BCUT2D eigenvalue weighted by Gasteiger charge is -2.21. The number of H-pyrrole nitrogens is 1. The highest BCUT2D eigenvalue weighted by Gasteiger charge is 2.44. The Morgan fingerprint density at radius 3 is 2.66 bits per heavy atom. The molecule has 0 amide bonds. The van der Waals surface area contributed by atoms with E-state index in [1.165, 1.54) is 54.1 Å². The zero-order valence-corrected chi connectivity index (χ0v) is 16.2. The molecule has 1 fully saturated rings. The van der Waals surface area contributed by atoms with Gasteiger partial charge in [-0.3, -0.25) is 0 Å². The third-order valence-corrected chi connectivity index (χ3v) is 5.67. The summed E-state index contributed by atoms with van der Waals surface area (Å²) in [5, 5.41) is 0.619. The first-order chi connectivity index (χ1) is 13.9. The SMILES string of the molecule is FC(F)C(F)(F)Oc1ccc2[nH]c(SCc3ccccc3N3CCCC3)nc2c1. The quantitative estimate of drug-likeness (QED) is 0.390. The van der Waals surface area contributed by atoms with Crippen LogP contribution >= 0.6 is 11.8 Å². The maximum Gasteiger partial charge on any atom is 0.461 e. The Morgan fingerprint density at radius 1 is 1.14 bits per heavy atom. The van der Waals surface area contributed by atoms with Gasteiger partial charge in [-0.15, -0.1) is 0 Å². The molecule has 1 aromatic heterocycles. The number of hydrogen-bond acceptors (Lipinski definition) is 4. The number of para-hydroxylation sites is 1. The fourth-order valence-electron chi connectivity index (χ4n) is 3.34. The second-order valence-electron chi connectivity index (χ2n) is 6.80. The standard InChI is InChI=1S/C20H19F4N3OS/c21-18(22)20(23,24)28-14-7-8-15-16(11-14)26-19(25-15)29-12-13-5-1-2-6-17(13)27-9-3-4-10-27/h1-2,5-8,11,18H,3-4,9-10,12H2,(H,25,26). The molecule has 3 aromatic rings. The molecule has 1 N–H and O–H groups in total. The smallest absolute Gasteiger partial charge is 0.428 e. The molecule has 1 aliphatic heterocycles. The van der Waals surface area contributed by atoms with Crippen LogP contribution < -0.4 is 9.64 Å². The maximum absolute atomic E-state index is 13.1. The number of alkyl halides is 4. The largest absolute Gasteiger partial charge is 0.461 e. The molecule has 2 heterocycles. The van der Waals surface area contributed by atoms with Gasteiger partial charge in [0, 0.05) is 30.6 Å². The molecule has 4 rings (SSSR count). The highest BCUT2D eigenvalue weighted by atomic mass is 32.2. The van der Waals surface area contributed by atoms with E-state index in [2.05, 4.69) is 31.7 Å². The fraction of sp³-hybridized carbons (Fsp3) is 0.350. The van der Waals surface area contributed by atoms with Gasteiger partial charge in [-0.1, -0.05) is 30.0 Å². The van der Waals surface area contributed by atoms with E-state index >= 15 is 0 Å². The van der Waals surface area contributed by atoms with E-state index in [0.717, 1.165) is 13.1 Å². The van der Waals surface area contributed by atoms with E-state index in [0.29, 0.717) is 21.9 Å². The average molecular weight is 425 g/mol. The van der Waals surface area contributed by atoms with Crippen LogP contribution in [0.15, 0.2) is 47.6 Å². The number of thioether (sulfide) groups is 1. The number of rotatable bonds is 7. The number of benzene rings is 2. The van der Waals surface area contributed by atoms with Crippen molar-refractivity contribution in [3.63, 3.8) is 0 Å². The minimum absolute atomic E-state index is 0.356. The minimum atomic E-state index is -4.54. The number of halogens is 4. The number of nitrogens with one attached hydrogen (secondary N) is 1. The lowest BCUT2D eigenvalue weighted by atomic mass is 10.2. The predicted molar refractivity (Wildman–Crippen MR) is 105 cm³/mol. The van der Waals surface area contributed by atoms with E-state index in [4.69, 9.17) is 0 Å². The van der Waals surface area contributed by atoms with Crippen LogP contribution in [0.2, 0.25) is 0 Å². The van der Waals surface area contributed by atoms with Gasteiger partial charge < -0.3 is 14.6 Å². The molecule has 0 atom stereocenters. The van der Waals surface area contributed by atoms with Crippen LogP contribution in [0, 0.1) is 0 Å². The molecule has 2 aromatic carbocycles. The number of ether oxygens (including phenoxy) is 1. The zero-order chi connectivity index (χ0) is 20.4. The number of nitrogens with zero attached hydrogens (tertiary/aromatic N) is 2. The van der Waals surface area contributed by atoms with Crippen molar-refractivity contribution in [3.8, 4) is 5.75 Å². The van der Waals surface area contributed by atoms with Crippen molar-refractivity contribution >= 4 is 28.5 Å². The molecule has 4 nitrogen and oxygen atoms in total. The molecule has 9 heteroatoms. The lowest BCUT2D eigenvalue weighted by Crippen LogP contribution is -2.33. The summed E-state index contributed by atoms with van der Waals surface area (Å²) in [4.78, 5) is 9.86. The summed E-state index contributed by atoms with van der Waals surface area (Å²) >= 11 is 1.49. The third kappa shape index (κ3) is 4.44. The Hall–Kier alpha value is -2.42. The molecule has 1 aliphatic rings. The van der Waals surface area contributed by atoms with Gasteiger partial charge in [0.15, 0.2) is 5.16 Å². The van der Waals surface area contributed by atoms with Crippen LogP contribution in [0.5, 0.6) is 5.75 Å². The van der Waals surface area contributed by atoms with E-state index in [9.17, 15) is 17.6 Å². The molecular formula is C20H19F4N3OS. The molecule has 0 radical (unpaired) electrons. The van der Waals surface area contributed by atoms with E-state index < -0.39 is 12.5 Å². The first-order valence-electron chi connectivity index (χ1n) is 9.23. The van der Waals surface area contributed by atoms with Gasteiger partial charge >= 0.3 is 12.5 Å². The van der Waals surface area contributed by atoms with Crippen molar-refractivity contribution in [2.45, 2.75) is 36.3 Å². The fourth-order valence-corrected chi connectivity index (χ4v) is 4.22. The third-order valence-electron chi connectivity index (χ3n) is 4.74. The van der Waals surface area contributed by atoms with Crippen molar-refractivity contribution in [2.75, 3.05) is 18.0 Å². The molecule has 154 valence electrons. The van der Waals surface area contributed by atoms with Crippen molar-refractivity contribution in [1.82, 2.24) is 9.97 Å². The molecule has 0 spiro atoms. The van der Waals surface area contributed by atoms with Crippen molar-refractivity contribution in [3.05, 3.63) is 48.0 Å². The Balaban J connectivity index is 1.48. The van der Waals surface area contributed by atoms with E-state index in [1.54, 1.807) is 0 Å². The summed E-state index contributed by atoms with van der Waals surface area (Å²) in [6.45, 7) is 2.11. The number of anilines is 1. The molecule has 29 heavy (non-hydrogen) atoms. The average Bonchev–Trinajstić information content (AvgIpc) is 3.35. The molecule has 0 aliphatic carbocycles. The summed E-state index contributed by atoms with van der Waals surface area (Å²) in [7, 11) is 0. The van der Waals surface area contributed by atoms with Gasteiger partial charge in [-0.05, 0) is 36.6 Å². The number of hydrogen-bond donors (Lipinski definition) is 1. The first-order valence-corrected chi connectivity index (χ1v) is 10.2. The van der Waals surface area contributed by atoms with Crippen molar-refractivity contribution < 1.29 is 22.3 Å². The molecule has 0 bridgehead atoms. The van der Waals surface area contributed by atoms with Gasteiger partial charge in [-0.25, -0.2) is 4.98 Å².